The molecule has 1 amide bonds. The van der Waals surface area contributed by atoms with Gasteiger partial charge in [-0.25, -0.2) is 0 Å². The van der Waals surface area contributed by atoms with E-state index in [1.807, 2.05) is 0 Å². The third-order valence-electron chi connectivity index (χ3n) is 3.18. The van der Waals surface area contributed by atoms with Gasteiger partial charge in [0.25, 0.3) is 5.91 Å². The molecule has 1 heterocycles. The highest BCUT2D eigenvalue weighted by Gasteiger charge is 2.30. The first-order valence-electron chi connectivity index (χ1n) is 5.89. The third-order valence-corrected chi connectivity index (χ3v) is 3.47. The number of carbonyl (C=O) groups is 1. The van der Waals surface area contributed by atoms with E-state index in [2.05, 4.69) is 0 Å². The van der Waals surface area contributed by atoms with Crippen LogP contribution in [-0.2, 0) is 0 Å². The summed E-state index contributed by atoms with van der Waals surface area (Å²) < 4.78 is 4.94. The monoisotopic (exact) mass is 257 g/mol. The van der Waals surface area contributed by atoms with Crippen molar-refractivity contribution >= 4 is 17.5 Å². The first kappa shape index (κ1) is 12.5. The molecule has 94 valence electrons. The molecule has 1 aromatic rings. The molecule has 0 bridgehead atoms. The highest BCUT2D eigenvalue weighted by atomic mass is 35.5. The summed E-state index contributed by atoms with van der Waals surface area (Å²) in [6.45, 7) is 0.664. The molecule has 0 unspecified atom stereocenters. The maximum Gasteiger partial charge on any atom is 0.258 e. The highest BCUT2D eigenvalue weighted by molar-refractivity contribution is 6.32. The van der Waals surface area contributed by atoms with Crippen LogP contribution in [0.25, 0.3) is 0 Å². The maximum absolute atomic E-state index is 12.3. The summed E-state index contributed by atoms with van der Waals surface area (Å²) in [6, 6.07) is 1.88. The van der Waals surface area contributed by atoms with Crippen LogP contribution in [0.2, 0.25) is 5.22 Å². The van der Waals surface area contributed by atoms with E-state index >= 15 is 0 Å². The van der Waals surface area contributed by atoms with Crippen molar-refractivity contribution in [2.24, 2.45) is 0 Å². The molecule has 1 aromatic heterocycles. The first-order valence-corrected chi connectivity index (χ1v) is 6.26. The summed E-state index contributed by atoms with van der Waals surface area (Å²) in [5.74, 6) is -0.0955. The number of aliphatic hydroxyl groups excluding tert-OH is 1. The molecule has 17 heavy (non-hydrogen) atoms. The van der Waals surface area contributed by atoms with Crippen LogP contribution in [0.1, 0.15) is 36.0 Å². The quantitative estimate of drug-likeness (QED) is 0.881. The summed E-state index contributed by atoms with van der Waals surface area (Å²) >= 11 is 5.82. The molecule has 0 radical (unpaired) electrons. The third kappa shape index (κ3) is 2.64. The van der Waals surface area contributed by atoms with Crippen molar-refractivity contribution < 1.29 is 14.3 Å². The lowest BCUT2D eigenvalue weighted by Crippen LogP contribution is -2.44. The molecular weight excluding hydrogens is 242 g/mol. The van der Waals surface area contributed by atoms with Gasteiger partial charge in [0.2, 0.25) is 5.22 Å². The van der Waals surface area contributed by atoms with Gasteiger partial charge >= 0.3 is 0 Å². The molecule has 0 aliphatic heterocycles. The minimum atomic E-state index is -0.0955. The fraction of sp³-hybridized carbons (Fsp3) is 0.583. The van der Waals surface area contributed by atoms with Gasteiger partial charge in [-0.3, -0.25) is 4.79 Å². The van der Waals surface area contributed by atoms with Crippen molar-refractivity contribution in [1.29, 1.82) is 0 Å². The zero-order valence-electron chi connectivity index (χ0n) is 9.56. The van der Waals surface area contributed by atoms with E-state index in [0.29, 0.717) is 24.6 Å². The zero-order chi connectivity index (χ0) is 12.3. The van der Waals surface area contributed by atoms with Crippen LogP contribution in [0, 0.1) is 0 Å². The van der Waals surface area contributed by atoms with Crippen LogP contribution in [-0.4, -0.2) is 35.1 Å². The molecule has 5 heteroatoms. The Hall–Kier alpha value is -1.00. The molecule has 1 aliphatic rings. The van der Waals surface area contributed by atoms with Gasteiger partial charge in [0.15, 0.2) is 0 Å². The fourth-order valence-electron chi connectivity index (χ4n) is 1.99. The van der Waals surface area contributed by atoms with E-state index in [0.717, 1.165) is 19.3 Å². The lowest BCUT2D eigenvalue weighted by atomic mass is 9.91. The zero-order valence-corrected chi connectivity index (χ0v) is 10.3. The van der Waals surface area contributed by atoms with E-state index < -0.39 is 0 Å². The smallest absolute Gasteiger partial charge is 0.258 e. The van der Waals surface area contributed by atoms with E-state index in [4.69, 9.17) is 21.1 Å². The topological polar surface area (TPSA) is 53.7 Å². The van der Waals surface area contributed by atoms with Crippen LogP contribution < -0.4 is 0 Å². The van der Waals surface area contributed by atoms with Gasteiger partial charge in [-0.05, 0) is 43.4 Å². The second kappa shape index (κ2) is 5.56. The predicted octanol–water partition coefficient (Wildman–Crippen LogP) is 2.31. The average molecular weight is 258 g/mol. The second-order valence-electron chi connectivity index (χ2n) is 4.27. The largest absolute Gasteiger partial charge is 0.452 e. The Bertz CT molecular complexity index is 387. The van der Waals surface area contributed by atoms with Crippen molar-refractivity contribution in [3.8, 4) is 0 Å². The van der Waals surface area contributed by atoms with Crippen LogP contribution in [0.4, 0.5) is 0 Å². The van der Waals surface area contributed by atoms with E-state index in [9.17, 15) is 4.79 Å². The van der Waals surface area contributed by atoms with Gasteiger partial charge in [-0.1, -0.05) is 0 Å². The summed E-state index contributed by atoms with van der Waals surface area (Å²) in [5, 5.41) is 9.01. The molecule has 0 atom stereocenters. The van der Waals surface area contributed by atoms with Gasteiger partial charge in [0, 0.05) is 19.2 Å². The molecular formula is C12H16ClNO3. The molecule has 1 N–H and O–H groups in total. The lowest BCUT2D eigenvalue weighted by Gasteiger charge is -2.37. The van der Waals surface area contributed by atoms with E-state index in [1.54, 1.807) is 11.0 Å². The van der Waals surface area contributed by atoms with Crippen molar-refractivity contribution in [1.82, 2.24) is 4.90 Å². The Kier molecular flexibility index (Phi) is 4.07. The summed E-state index contributed by atoms with van der Waals surface area (Å²) in [6.07, 6.45) is 5.24. The average Bonchev–Trinajstić information content (AvgIpc) is 2.67. The first-order chi connectivity index (χ1) is 8.24. The normalized spacial score (nSPS) is 15.6. The van der Waals surface area contributed by atoms with Gasteiger partial charge in [-0.2, -0.15) is 0 Å². The number of carbonyl (C=O) groups excluding carboxylic acids is 1. The van der Waals surface area contributed by atoms with E-state index in [1.165, 1.54) is 6.26 Å². The van der Waals surface area contributed by atoms with Gasteiger partial charge < -0.3 is 14.4 Å². The minimum absolute atomic E-state index is 0.0929. The molecule has 1 saturated carbocycles. The van der Waals surface area contributed by atoms with Gasteiger partial charge in [0.05, 0.1) is 11.8 Å². The Morgan fingerprint density at radius 1 is 1.59 bits per heavy atom. The summed E-state index contributed by atoms with van der Waals surface area (Å²) in [7, 11) is 0. The van der Waals surface area contributed by atoms with Crippen LogP contribution in [0.15, 0.2) is 16.7 Å². The standard InChI is InChI=1S/C12H16ClNO3/c13-11-10(5-8-17-11)12(16)14(6-2-7-15)9-3-1-4-9/h5,8-9,15H,1-4,6-7H2. The Morgan fingerprint density at radius 3 is 2.82 bits per heavy atom. The molecule has 0 saturated heterocycles. The number of aliphatic hydroxyl groups is 1. The van der Waals surface area contributed by atoms with Crippen molar-refractivity contribution in [3.63, 3.8) is 0 Å². The van der Waals surface area contributed by atoms with Gasteiger partial charge in [-0.15, -0.1) is 0 Å². The minimum Gasteiger partial charge on any atom is -0.452 e. The number of hydrogen-bond acceptors (Lipinski definition) is 3. The number of amides is 1. The predicted molar refractivity (Wildman–Crippen MR) is 64.1 cm³/mol. The molecule has 0 aromatic carbocycles. The second-order valence-corrected chi connectivity index (χ2v) is 4.61. The fourth-order valence-corrected chi connectivity index (χ4v) is 2.19. The number of furan rings is 1. The molecule has 1 fully saturated rings. The highest BCUT2D eigenvalue weighted by Crippen LogP contribution is 2.28. The van der Waals surface area contributed by atoms with Gasteiger partial charge in [0.1, 0.15) is 0 Å². The Morgan fingerprint density at radius 2 is 2.35 bits per heavy atom. The van der Waals surface area contributed by atoms with Crippen LogP contribution >= 0.6 is 11.6 Å². The molecule has 2 rings (SSSR count). The van der Waals surface area contributed by atoms with Crippen LogP contribution in [0.5, 0.6) is 0 Å². The lowest BCUT2D eigenvalue weighted by molar-refractivity contribution is 0.0562. The van der Waals surface area contributed by atoms with Crippen molar-refractivity contribution in [2.75, 3.05) is 13.2 Å². The molecule has 4 nitrogen and oxygen atoms in total. The van der Waals surface area contributed by atoms with Crippen molar-refractivity contribution in [2.45, 2.75) is 31.7 Å². The SMILES string of the molecule is O=C(c1ccoc1Cl)N(CCCO)C1CCC1. The number of hydrogen-bond donors (Lipinski definition) is 1. The van der Waals surface area contributed by atoms with E-state index in [-0.39, 0.29) is 17.7 Å². The summed E-state index contributed by atoms with van der Waals surface area (Å²) in [5.41, 5.74) is 0.413. The number of rotatable bonds is 5. The Labute approximate surface area is 105 Å². The maximum atomic E-state index is 12.3. The summed E-state index contributed by atoms with van der Waals surface area (Å²) in [4.78, 5) is 14.1. The molecule has 0 spiro atoms. The Balaban J connectivity index is 2.09. The number of nitrogens with zero attached hydrogens (tertiary/aromatic N) is 1. The van der Waals surface area contributed by atoms with Crippen molar-refractivity contribution in [3.05, 3.63) is 23.1 Å². The van der Waals surface area contributed by atoms with Crippen LogP contribution in [0.3, 0.4) is 0 Å². The number of halogens is 1. The molecule has 1 aliphatic carbocycles.